The van der Waals surface area contributed by atoms with Crippen molar-refractivity contribution < 1.29 is 9.47 Å². The molecule has 0 radical (unpaired) electrons. The Balaban J connectivity index is 1.90. The molecule has 0 aromatic rings. The maximum Gasteiger partial charge on any atom is 0.161 e. The molecule has 0 spiro atoms. The largest absolute Gasteiger partial charge is 0.349 e. The minimum Gasteiger partial charge on any atom is -0.349 e. The van der Waals surface area contributed by atoms with Crippen LogP contribution in [0, 0.1) is 0 Å². The fraction of sp³-hybridized carbons (Fsp3) is 1.00. The van der Waals surface area contributed by atoms with E-state index in [4.69, 9.17) is 32.7 Å². The minimum absolute atomic E-state index is 0.207. The highest BCUT2D eigenvalue weighted by Crippen LogP contribution is 2.37. The van der Waals surface area contributed by atoms with Gasteiger partial charge in [-0.05, 0) is 32.1 Å². The van der Waals surface area contributed by atoms with Crippen LogP contribution < -0.4 is 0 Å². The lowest BCUT2D eigenvalue weighted by Crippen LogP contribution is -2.28. The van der Waals surface area contributed by atoms with Gasteiger partial charge in [0.25, 0.3) is 0 Å². The van der Waals surface area contributed by atoms with Crippen molar-refractivity contribution in [2.75, 3.05) is 0 Å². The summed E-state index contributed by atoms with van der Waals surface area (Å²) in [5, 5.41) is 0. The van der Waals surface area contributed by atoms with Crippen LogP contribution in [0.2, 0.25) is 0 Å². The maximum atomic E-state index is 6.24. The highest BCUT2D eigenvalue weighted by atomic mass is 35.5. The molecule has 3 aliphatic rings. The molecule has 3 rings (SSSR count). The van der Waals surface area contributed by atoms with Crippen LogP contribution in [0.25, 0.3) is 0 Å². The van der Waals surface area contributed by atoms with Crippen molar-refractivity contribution in [3.8, 4) is 0 Å². The first-order chi connectivity index (χ1) is 7.59. The summed E-state index contributed by atoms with van der Waals surface area (Å²) in [4.78, 5) is 0. The van der Waals surface area contributed by atoms with Gasteiger partial charge in [-0.1, -0.05) is 13.3 Å². The SMILES string of the molecule is CCCC(Cl)(Cl)CC1OC2CCC(CC2)O1. The summed E-state index contributed by atoms with van der Waals surface area (Å²) >= 11 is 12.5. The molecule has 2 heterocycles. The molecule has 0 unspecified atom stereocenters. The van der Waals surface area contributed by atoms with Crippen molar-refractivity contribution in [3.63, 3.8) is 0 Å². The third kappa shape index (κ3) is 3.49. The monoisotopic (exact) mass is 266 g/mol. The molecule has 4 heteroatoms. The van der Waals surface area contributed by atoms with Gasteiger partial charge in [0.2, 0.25) is 0 Å². The lowest BCUT2D eigenvalue weighted by Gasteiger charge is -2.25. The van der Waals surface area contributed by atoms with Crippen molar-refractivity contribution in [1.82, 2.24) is 0 Å². The highest BCUT2D eigenvalue weighted by molar-refractivity contribution is 6.48. The fourth-order valence-corrected chi connectivity index (χ4v) is 3.20. The Labute approximate surface area is 108 Å². The molecule has 2 aliphatic heterocycles. The van der Waals surface area contributed by atoms with E-state index in [9.17, 15) is 0 Å². The predicted octanol–water partition coefficient (Wildman–Crippen LogP) is 4.03. The molecular weight excluding hydrogens is 247 g/mol. The molecule has 2 saturated heterocycles. The Kier molecular flexibility index (Phi) is 4.39. The van der Waals surface area contributed by atoms with E-state index in [0.29, 0.717) is 18.6 Å². The topological polar surface area (TPSA) is 18.5 Å². The van der Waals surface area contributed by atoms with Gasteiger partial charge in [0, 0.05) is 6.42 Å². The first-order valence-corrected chi connectivity index (χ1v) is 7.03. The van der Waals surface area contributed by atoms with Crippen LogP contribution in [0.4, 0.5) is 0 Å². The van der Waals surface area contributed by atoms with Crippen LogP contribution in [-0.2, 0) is 9.47 Å². The van der Waals surface area contributed by atoms with Gasteiger partial charge in [0.05, 0.1) is 12.2 Å². The third-order valence-corrected chi connectivity index (χ3v) is 4.08. The molecule has 3 fully saturated rings. The van der Waals surface area contributed by atoms with E-state index in [0.717, 1.165) is 38.5 Å². The van der Waals surface area contributed by atoms with E-state index >= 15 is 0 Å². The Morgan fingerprint density at radius 3 is 2.00 bits per heavy atom. The first kappa shape index (κ1) is 12.9. The lowest BCUT2D eigenvalue weighted by molar-refractivity contribution is -0.161. The van der Waals surface area contributed by atoms with Gasteiger partial charge in [-0.2, -0.15) is 0 Å². The van der Waals surface area contributed by atoms with Crippen molar-refractivity contribution in [1.29, 1.82) is 0 Å². The second kappa shape index (κ2) is 5.43. The average Bonchev–Trinajstić information content (AvgIpc) is 2.47. The van der Waals surface area contributed by atoms with Crippen LogP contribution in [0.3, 0.4) is 0 Å². The summed E-state index contributed by atoms with van der Waals surface area (Å²) < 4.78 is 11.1. The molecule has 2 nitrogen and oxygen atoms in total. The molecule has 1 aliphatic carbocycles. The second-order valence-electron chi connectivity index (χ2n) is 4.91. The van der Waals surface area contributed by atoms with Gasteiger partial charge >= 0.3 is 0 Å². The Hall–Kier alpha value is 0.500. The van der Waals surface area contributed by atoms with Gasteiger partial charge in [0.15, 0.2) is 6.29 Å². The standard InChI is InChI=1S/C12H20Cl2O2/c1-2-7-12(13,14)8-11-15-9-3-4-10(16-11)6-5-9/h9-11H,2-8H2,1H3. The zero-order chi connectivity index (χ0) is 11.6. The van der Waals surface area contributed by atoms with Crippen molar-refractivity contribution in [2.24, 2.45) is 0 Å². The summed E-state index contributed by atoms with van der Waals surface area (Å²) in [5.41, 5.74) is 0. The van der Waals surface area contributed by atoms with Gasteiger partial charge in [0.1, 0.15) is 4.33 Å². The van der Waals surface area contributed by atoms with Crippen LogP contribution in [0.1, 0.15) is 51.9 Å². The highest BCUT2D eigenvalue weighted by Gasteiger charge is 2.36. The number of halogens is 2. The summed E-state index contributed by atoms with van der Waals surface area (Å²) in [7, 11) is 0. The van der Waals surface area contributed by atoms with Crippen LogP contribution in [-0.4, -0.2) is 22.8 Å². The van der Waals surface area contributed by atoms with Crippen molar-refractivity contribution >= 4 is 23.2 Å². The molecule has 0 aromatic carbocycles. The van der Waals surface area contributed by atoms with Crippen molar-refractivity contribution in [2.45, 2.75) is 74.7 Å². The minimum atomic E-state index is -0.705. The van der Waals surface area contributed by atoms with Gasteiger partial charge < -0.3 is 9.47 Å². The molecule has 16 heavy (non-hydrogen) atoms. The molecule has 0 aromatic heterocycles. The summed E-state index contributed by atoms with van der Waals surface area (Å²) in [6, 6.07) is 0. The van der Waals surface area contributed by atoms with Crippen LogP contribution >= 0.6 is 23.2 Å². The molecule has 94 valence electrons. The molecule has 0 amide bonds. The summed E-state index contributed by atoms with van der Waals surface area (Å²) in [5.74, 6) is 0. The fourth-order valence-electron chi connectivity index (χ4n) is 2.57. The number of alkyl halides is 2. The zero-order valence-corrected chi connectivity index (χ0v) is 11.3. The number of hydrogen-bond donors (Lipinski definition) is 0. The molecular formula is C12H20Cl2O2. The molecule has 0 atom stereocenters. The Morgan fingerprint density at radius 2 is 1.56 bits per heavy atom. The number of ether oxygens (including phenoxy) is 2. The van der Waals surface area contributed by atoms with E-state index in [1.807, 2.05) is 0 Å². The average molecular weight is 267 g/mol. The quantitative estimate of drug-likeness (QED) is 0.716. The molecule has 1 saturated carbocycles. The second-order valence-corrected chi connectivity index (χ2v) is 6.55. The van der Waals surface area contributed by atoms with Gasteiger partial charge in [-0.3, -0.25) is 0 Å². The van der Waals surface area contributed by atoms with E-state index < -0.39 is 4.33 Å². The van der Waals surface area contributed by atoms with Crippen molar-refractivity contribution in [3.05, 3.63) is 0 Å². The maximum absolute atomic E-state index is 6.24. The number of hydrogen-bond acceptors (Lipinski definition) is 2. The van der Waals surface area contributed by atoms with E-state index in [1.165, 1.54) is 0 Å². The first-order valence-electron chi connectivity index (χ1n) is 6.28. The van der Waals surface area contributed by atoms with E-state index in [1.54, 1.807) is 0 Å². The number of fused-ring (bicyclic) bond motifs is 4. The van der Waals surface area contributed by atoms with Gasteiger partial charge in [-0.15, -0.1) is 23.2 Å². The molecule has 2 bridgehead atoms. The lowest BCUT2D eigenvalue weighted by atomic mass is 9.95. The summed E-state index contributed by atoms with van der Waals surface area (Å²) in [6.45, 7) is 2.08. The summed E-state index contributed by atoms with van der Waals surface area (Å²) in [6.07, 6.45) is 7.32. The van der Waals surface area contributed by atoms with E-state index in [-0.39, 0.29) is 6.29 Å². The van der Waals surface area contributed by atoms with Crippen LogP contribution in [0.5, 0.6) is 0 Å². The number of rotatable bonds is 4. The third-order valence-electron chi connectivity index (χ3n) is 3.39. The van der Waals surface area contributed by atoms with Gasteiger partial charge in [-0.25, -0.2) is 0 Å². The predicted molar refractivity (Wildman–Crippen MR) is 66.0 cm³/mol. The Morgan fingerprint density at radius 1 is 1.06 bits per heavy atom. The van der Waals surface area contributed by atoms with E-state index in [2.05, 4.69) is 6.92 Å². The molecule has 0 N–H and O–H groups in total. The smallest absolute Gasteiger partial charge is 0.161 e. The normalized spacial score (nSPS) is 35.1. The zero-order valence-electron chi connectivity index (χ0n) is 9.75. The van der Waals surface area contributed by atoms with Crippen LogP contribution in [0.15, 0.2) is 0 Å². The Bertz CT molecular complexity index is 211.